The van der Waals surface area contributed by atoms with E-state index in [2.05, 4.69) is 0 Å². The lowest BCUT2D eigenvalue weighted by atomic mass is 9.91. The molecule has 8 aromatic rings. The summed E-state index contributed by atoms with van der Waals surface area (Å²) in [4.78, 5) is 1.37. The van der Waals surface area contributed by atoms with Crippen LogP contribution in [0.25, 0.3) is 55.3 Å². The van der Waals surface area contributed by atoms with Gasteiger partial charge in [0.1, 0.15) is 0 Å². The lowest BCUT2D eigenvalue weighted by molar-refractivity contribution is 1.30. The zero-order valence-corrected chi connectivity index (χ0v) is 25.4. The van der Waals surface area contributed by atoms with Crippen molar-refractivity contribution in [3.05, 3.63) is 200 Å². The average Bonchev–Trinajstić information content (AvgIpc) is 3.23. The predicted molar refractivity (Wildman–Crippen MR) is 200 cm³/mol. The van der Waals surface area contributed by atoms with Crippen LogP contribution in [0.15, 0.2) is 200 Å². The number of benzene rings is 8. The Morgan fingerprint density at radius 1 is 0.340 bits per heavy atom. The highest BCUT2D eigenvalue weighted by molar-refractivity contribution is 5.99. The molecule has 0 aliphatic rings. The Bertz CT molecular complexity index is 2670. The van der Waals surface area contributed by atoms with E-state index < -0.39 is 0 Å². The van der Waals surface area contributed by atoms with Crippen molar-refractivity contribution < 1.29 is 11.0 Å². The number of fused-ring (bicyclic) bond motifs is 1. The van der Waals surface area contributed by atoms with Crippen molar-refractivity contribution in [2.75, 3.05) is 4.90 Å². The minimum atomic E-state index is -0.388. The van der Waals surface area contributed by atoms with Gasteiger partial charge in [-0.2, -0.15) is 0 Å². The summed E-state index contributed by atoms with van der Waals surface area (Å²) in [7, 11) is 0. The summed E-state index contributed by atoms with van der Waals surface area (Å²) >= 11 is 0. The van der Waals surface area contributed by atoms with Crippen molar-refractivity contribution in [3.63, 3.8) is 0 Å². The Balaban J connectivity index is 1.40. The summed E-state index contributed by atoms with van der Waals surface area (Å²) in [5.41, 5.74) is 5.00. The van der Waals surface area contributed by atoms with Gasteiger partial charge < -0.3 is 4.90 Å². The van der Waals surface area contributed by atoms with Crippen LogP contribution in [-0.2, 0) is 0 Å². The Labute approximate surface area is 287 Å². The van der Waals surface area contributed by atoms with Crippen molar-refractivity contribution >= 4 is 27.8 Å². The summed E-state index contributed by atoms with van der Waals surface area (Å²) in [6, 6.07) is 44.3. The summed E-state index contributed by atoms with van der Waals surface area (Å²) in [6.45, 7) is 0. The highest BCUT2D eigenvalue weighted by Crippen LogP contribution is 2.41. The van der Waals surface area contributed by atoms with Gasteiger partial charge in [-0.3, -0.25) is 0 Å². The van der Waals surface area contributed by atoms with E-state index in [1.807, 2.05) is 115 Å². The molecule has 0 amide bonds. The third-order valence-corrected chi connectivity index (χ3v) is 8.22. The van der Waals surface area contributed by atoms with Crippen LogP contribution in [0.2, 0.25) is 0 Å². The molecule has 0 unspecified atom stereocenters. The maximum absolute atomic E-state index is 9.53. The topological polar surface area (TPSA) is 3.24 Å². The third kappa shape index (κ3) is 5.72. The minimum Gasteiger partial charge on any atom is -0.310 e. The number of hydrogen-bond donors (Lipinski definition) is 0. The van der Waals surface area contributed by atoms with Gasteiger partial charge >= 0.3 is 0 Å². The molecule has 1 heteroatoms. The van der Waals surface area contributed by atoms with E-state index >= 15 is 0 Å². The molecular formula is C46H33N. The average molecular weight is 608 g/mol. The van der Waals surface area contributed by atoms with E-state index in [9.17, 15) is 8.22 Å². The Hall–Kier alpha value is -6.18. The number of anilines is 3. The van der Waals surface area contributed by atoms with Crippen molar-refractivity contribution in [1.82, 2.24) is 0 Å². The fourth-order valence-corrected chi connectivity index (χ4v) is 5.91. The van der Waals surface area contributed by atoms with Crippen LogP contribution >= 0.6 is 0 Å². The van der Waals surface area contributed by atoms with Gasteiger partial charge in [0.25, 0.3) is 0 Å². The van der Waals surface area contributed by atoms with Crippen LogP contribution in [-0.4, -0.2) is 0 Å². The largest absolute Gasteiger partial charge is 0.310 e. The van der Waals surface area contributed by atoms with Crippen LogP contribution in [0.4, 0.5) is 17.1 Å². The molecule has 8 rings (SSSR count). The van der Waals surface area contributed by atoms with Crippen LogP contribution in [0.5, 0.6) is 0 Å². The van der Waals surface area contributed by atoms with Crippen molar-refractivity contribution in [2.24, 2.45) is 0 Å². The standard InChI is InChI=1S/C46H33N/c1-4-13-34(14-5-1)35-23-28-41(29-24-35)47(46-22-12-20-38-19-10-11-21-44(38)46)42-30-25-36(26-31-42)40-27-32-43(37-15-6-2-7-16-37)45(33-40)39-17-8-3-9-18-39/h1-33H/i23D,24D,25D,26D,28D,29D,30D,31D. The molecule has 8 aromatic carbocycles. The zero-order valence-electron chi connectivity index (χ0n) is 33.4. The molecule has 0 bridgehead atoms. The highest BCUT2D eigenvalue weighted by atomic mass is 15.1. The number of hydrogen-bond acceptors (Lipinski definition) is 1. The molecule has 0 fully saturated rings. The molecular weight excluding hydrogens is 567 g/mol. The molecule has 0 heterocycles. The van der Waals surface area contributed by atoms with E-state index in [1.54, 1.807) is 36.4 Å². The van der Waals surface area contributed by atoms with Gasteiger partial charge in [0.2, 0.25) is 0 Å². The van der Waals surface area contributed by atoms with E-state index in [4.69, 9.17) is 2.74 Å². The van der Waals surface area contributed by atoms with Gasteiger partial charge in [-0.1, -0.05) is 164 Å². The Morgan fingerprint density at radius 2 is 0.830 bits per heavy atom. The second kappa shape index (κ2) is 12.7. The fourth-order valence-electron chi connectivity index (χ4n) is 5.91. The smallest absolute Gasteiger partial charge is 0.0645 e. The first-order chi connectivity index (χ1) is 26.7. The molecule has 0 aromatic heterocycles. The molecule has 0 spiro atoms. The Kier molecular flexibility index (Phi) is 5.60. The van der Waals surface area contributed by atoms with Crippen LogP contribution in [0.1, 0.15) is 11.0 Å². The first-order valence-corrected chi connectivity index (χ1v) is 15.5. The number of rotatable bonds is 7. The highest BCUT2D eigenvalue weighted by Gasteiger charge is 2.16. The maximum atomic E-state index is 9.53. The van der Waals surface area contributed by atoms with Crippen molar-refractivity contribution in [3.8, 4) is 44.5 Å². The van der Waals surface area contributed by atoms with E-state index in [0.29, 0.717) is 22.2 Å². The van der Waals surface area contributed by atoms with Crippen molar-refractivity contribution in [1.29, 1.82) is 0 Å². The molecule has 0 atom stereocenters. The quantitative estimate of drug-likeness (QED) is 0.174. The molecule has 0 aliphatic carbocycles. The van der Waals surface area contributed by atoms with Crippen LogP contribution in [0, 0.1) is 0 Å². The molecule has 0 N–H and O–H groups in total. The summed E-state index contributed by atoms with van der Waals surface area (Å²) in [5, 5.41) is 1.47. The van der Waals surface area contributed by atoms with Gasteiger partial charge in [0.15, 0.2) is 0 Å². The first-order valence-electron chi connectivity index (χ1n) is 19.5. The summed E-state index contributed by atoms with van der Waals surface area (Å²) in [5.74, 6) is 0. The Morgan fingerprint density at radius 3 is 1.45 bits per heavy atom. The van der Waals surface area contributed by atoms with Gasteiger partial charge in [-0.25, -0.2) is 0 Å². The molecule has 1 nitrogen and oxygen atoms in total. The second-order valence-electron chi connectivity index (χ2n) is 11.1. The zero-order chi connectivity index (χ0) is 38.4. The van der Waals surface area contributed by atoms with Crippen molar-refractivity contribution in [2.45, 2.75) is 0 Å². The maximum Gasteiger partial charge on any atom is 0.0645 e. The fraction of sp³-hybridized carbons (Fsp3) is 0. The molecule has 0 radical (unpaired) electrons. The molecule has 0 saturated carbocycles. The van der Waals surface area contributed by atoms with Gasteiger partial charge in [0.05, 0.1) is 16.7 Å². The molecule has 0 aliphatic heterocycles. The molecule has 47 heavy (non-hydrogen) atoms. The lowest BCUT2D eigenvalue weighted by Crippen LogP contribution is -2.10. The van der Waals surface area contributed by atoms with E-state index in [1.165, 1.54) is 4.90 Å². The van der Waals surface area contributed by atoms with E-state index in [-0.39, 0.29) is 70.8 Å². The van der Waals surface area contributed by atoms with E-state index in [0.717, 1.165) is 27.6 Å². The van der Waals surface area contributed by atoms with Crippen LogP contribution in [0.3, 0.4) is 0 Å². The third-order valence-electron chi connectivity index (χ3n) is 8.22. The predicted octanol–water partition coefficient (Wildman–Crippen LogP) is 13.0. The molecule has 0 saturated heterocycles. The normalized spacial score (nSPS) is 13.4. The first kappa shape index (κ1) is 20.8. The van der Waals surface area contributed by atoms with Crippen LogP contribution < -0.4 is 4.90 Å². The SMILES string of the molecule is [2H]c1c([2H])c(N(c2c([2H])c([2H])c(-c3ccc(-c4ccccc4)c(-c4ccccc4)c3)c([2H])c2[2H])c2cccc3ccccc23)c([2H])c([2H])c1-c1ccccc1. The second-order valence-corrected chi connectivity index (χ2v) is 11.1. The summed E-state index contributed by atoms with van der Waals surface area (Å²) in [6.07, 6.45) is 0. The van der Waals surface area contributed by atoms with Gasteiger partial charge in [-0.05, 0) is 86.2 Å². The summed E-state index contributed by atoms with van der Waals surface area (Å²) < 4.78 is 74.8. The monoisotopic (exact) mass is 607 g/mol. The minimum absolute atomic E-state index is 0.104. The lowest BCUT2D eigenvalue weighted by Gasteiger charge is -2.27. The van der Waals surface area contributed by atoms with Gasteiger partial charge in [-0.15, -0.1) is 0 Å². The molecule has 222 valence electrons. The van der Waals surface area contributed by atoms with Gasteiger partial charge in [0, 0.05) is 16.8 Å². The number of nitrogens with zero attached hydrogens (tertiary/aromatic N) is 1.